The third kappa shape index (κ3) is 3.58. The molecule has 0 spiro atoms. The molecule has 1 N–H and O–H groups in total. The molecule has 1 atom stereocenters. The number of nitrogens with zero attached hydrogens (tertiary/aromatic N) is 2. The molecule has 148 valence electrons. The van der Waals surface area contributed by atoms with Crippen molar-refractivity contribution >= 4 is 21.9 Å². The Kier molecular flexibility index (Phi) is 5.25. The summed E-state index contributed by atoms with van der Waals surface area (Å²) in [7, 11) is -1.48. The Morgan fingerprint density at radius 2 is 1.96 bits per heavy atom. The highest BCUT2D eigenvalue weighted by Crippen LogP contribution is 2.33. The summed E-state index contributed by atoms with van der Waals surface area (Å²) in [5.74, 6) is 0.613. The van der Waals surface area contributed by atoms with E-state index in [0.29, 0.717) is 32.8 Å². The van der Waals surface area contributed by atoms with Crippen LogP contribution in [0.25, 0.3) is 22.0 Å². The molecule has 1 saturated carbocycles. The summed E-state index contributed by atoms with van der Waals surface area (Å²) in [4.78, 5) is 4.65. The molecule has 2 heterocycles. The quantitative estimate of drug-likeness (QED) is 0.649. The Hall–Kier alpha value is -2.19. The topological polar surface area (TPSA) is 68.0 Å². The van der Waals surface area contributed by atoms with E-state index in [0.717, 1.165) is 31.2 Å². The number of hydrogen-bond acceptors (Lipinski definition) is 4. The Morgan fingerprint density at radius 1 is 1.21 bits per heavy atom. The summed E-state index contributed by atoms with van der Waals surface area (Å²) < 4.78 is 47.9. The summed E-state index contributed by atoms with van der Waals surface area (Å²) in [6, 6.07) is 6.61. The van der Waals surface area contributed by atoms with E-state index in [-0.39, 0.29) is 11.7 Å². The van der Waals surface area contributed by atoms with Crippen molar-refractivity contribution < 1.29 is 17.5 Å². The third-order valence-corrected chi connectivity index (χ3v) is 6.45. The first-order chi connectivity index (χ1) is 13.4. The van der Waals surface area contributed by atoms with E-state index in [4.69, 9.17) is 4.52 Å². The monoisotopic (exact) mass is 405 g/mol. The Balaban J connectivity index is 1.87. The first-order valence-corrected chi connectivity index (χ1v) is 10.4. The highest BCUT2D eigenvalue weighted by molar-refractivity contribution is 7.83. The molecule has 5 nitrogen and oxygen atoms in total. The summed E-state index contributed by atoms with van der Waals surface area (Å²) in [6.07, 6.45) is 1.54. The Bertz CT molecular complexity index is 1030. The molecule has 1 fully saturated rings. The molecular weight excluding hydrogens is 384 g/mol. The number of benzene rings is 1. The second-order valence-corrected chi connectivity index (χ2v) is 8.36. The van der Waals surface area contributed by atoms with Crippen molar-refractivity contribution in [3.8, 4) is 11.1 Å². The van der Waals surface area contributed by atoms with Gasteiger partial charge in [0, 0.05) is 17.0 Å². The predicted molar refractivity (Wildman–Crippen MR) is 103 cm³/mol. The number of pyridine rings is 1. The minimum absolute atomic E-state index is 0.201. The van der Waals surface area contributed by atoms with Gasteiger partial charge in [0.1, 0.15) is 22.4 Å². The second-order valence-electron chi connectivity index (χ2n) is 7.15. The lowest BCUT2D eigenvalue weighted by Crippen LogP contribution is -2.28. The van der Waals surface area contributed by atoms with E-state index >= 15 is 0 Å². The average Bonchev–Trinajstić information content (AvgIpc) is 3.29. The molecule has 1 aromatic carbocycles. The van der Waals surface area contributed by atoms with Crippen LogP contribution in [0.5, 0.6) is 0 Å². The van der Waals surface area contributed by atoms with Crippen LogP contribution < -0.4 is 4.72 Å². The molecular formula is C20H21F2N3O2S. The van der Waals surface area contributed by atoms with Crippen LogP contribution in [0.15, 0.2) is 33.7 Å². The lowest BCUT2D eigenvalue weighted by molar-refractivity contribution is 0.146. The van der Waals surface area contributed by atoms with E-state index < -0.39 is 17.4 Å². The molecule has 1 unspecified atom stereocenters. The molecule has 28 heavy (non-hydrogen) atoms. The first-order valence-electron chi connectivity index (χ1n) is 9.28. The number of nitrogens with one attached hydrogen (secondary N) is 1. The molecule has 3 aromatic rings. The SMILES string of the molecule is Cc1noc(C)c1-c1cc(S(=O)NC2CCCC2)c2ccc(C(F)F)nc2c1. The van der Waals surface area contributed by atoms with Gasteiger partial charge in [-0.3, -0.25) is 0 Å². The Labute approximate surface area is 164 Å². The highest BCUT2D eigenvalue weighted by Gasteiger charge is 2.22. The molecule has 0 saturated heterocycles. The van der Waals surface area contributed by atoms with Crippen LogP contribution in [0.2, 0.25) is 0 Å². The van der Waals surface area contributed by atoms with Crippen LogP contribution in [0.1, 0.15) is 49.3 Å². The van der Waals surface area contributed by atoms with Crippen LogP contribution in [-0.4, -0.2) is 20.4 Å². The highest BCUT2D eigenvalue weighted by atomic mass is 32.2. The van der Waals surface area contributed by atoms with Crippen molar-refractivity contribution in [3.63, 3.8) is 0 Å². The molecule has 2 aromatic heterocycles. The van der Waals surface area contributed by atoms with Gasteiger partial charge in [0.25, 0.3) is 6.43 Å². The lowest BCUT2D eigenvalue weighted by atomic mass is 10.0. The first kappa shape index (κ1) is 19.1. The molecule has 0 radical (unpaired) electrons. The minimum Gasteiger partial charge on any atom is -0.361 e. The second kappa shape index (κ2) is 7.67. The lowest BCUT2D eigenvalue weighted by Gasteiger charge is -2.14. The average molecular weight is 405 g/mol. The maximum absolute atomic E-state index is 13.2. The van der Waals surface area contributed by atoms with E-state index in [1.54, 1.807) is 19.1 Å². The largest absolute Gasteiger partial charge is 0.361 e. The molecule has 1 aliphatic rings. The van der Waals surface area contributed by atoms with Crippen LogP contribution in [-0.2, 0) is 11.0 Å². The number of halogens is 2. The number of aromatic nitrogens is 2. The predicted octanol–water partition coefficient (Wildman–Crippen LogP) is 5.00. The van der Waals surface area contributed by atoms with Gasteiger partial charge in [-0.2, -0.15) is 0 Å². The van der Waals surface area contributed by atoms with Crippen LogP contribution in [0.4, 0.5) is 8.78 Å². The van der Waals surface area contributed by atoms with E-state index in [1.807, 2.05) is 13.0 Å². The van der Waals surface area contributed by atoms with Gasteiger partial charge < -0.3 is 4.52 Å². The summed E-state index contributed by atoms with van der Waals surface area (Å²) in [5.41, 5.74) is 2.24. The normalized spacial score (nSPS) is 16.3. The van der Waals surface area contributed by atoms with Crippen LogP contribution in [0.3, 0.4) is 0 Å². The number of fused-ring (bicyclic) bond motifs is 1. The van der Waals surface area contributed by atoms with Gasteiger partial charge in [-0.15, -0.1) is 0 Å². The van der Waals surface area contributed by atoms with Crippen molar-refractivity contribution in [1.29, 1.82) is 0 Å². The van der Waals surface area contributed by atoms with Crippen molar-refractivity contribution in [3.05, 3.63) is 41.4 Å². The fraction of sp³-hybridized carbons (Fsp3) is 0.400. The van der Waals surface area contributed by atoms with Crippen LogP contribution in [0, 0.1) is 13.8 Å². The van der Waals surface area contributed by atoms with Crippen molar-refractivity contribution in [2.24, 2.45) is 0 Å². The number of aryl methyl sites for hydroxylation is 2. The van der Waals surface area contributed by atoms with E-state index in [2.05, 4.69) is 14.9 Å². The molecule has 8 heteroatoms. The molecule has 4 rings (SSSR count). The van der Waals surface area contributed by atoms with Crippen molar-refractivity contribution in [1.82, 2.24) is 14.9 Å². The zero-order valence-electron chi connectivity index (χ0n) is 15.7. The number of rotatable bonds is 5. The molecule has 0 bridgehead atoms. The summed E-state index contributed by atoms with van der Waals surface area (Å²) >= 11 is 0. The summed E-state index contributed by atoms with van der Waals surface area (Å²) in [6.45, 7) is 3.60. The minimum atomic E-state index is -2.67. The van der Waals surface area contributed by atoms with E-state index in [9.17, 15) is 13.0 Å². The van der Waals surface area contributed by atoms with Gasteiger partial charge in [0.05, 0.1) is 16.1 Å². The molecule has 0 aliphatic heterocycles. The number of alkyl halides is 2. The molecule has 0 amide bonds. The molecule has 1 aliphatic carbocycles. The van der Waals surface area contributed by atoms with E-state index in [1.165, 1.54) is 6.07 Å². The van der Waals surface area contributed by atoms with Gasteiger partial charge in [-0.1, -0.05) is 18.0 Å². The van der Waals surface area contributed by atoms with Crippen LogP contribution >= 0.6 is 0 Å². The maximum Gasteiger partial charge on any atom is 0.280 e. The van der Waals surface area contributed by atoms with Gasteiger partial charge in [0.15, 0.2) is 0 Å². The van der Waals surface area contributed by atoms with Crippen molar-refractivity contribution in [2.45, 2.75) is 56.9 Å². The maximum atomic E-state index is 13.2. The van der Waals surface area contributed by atoms with Gasteiger partial charge in [-0.05, 0) is 56.5 Å². The van der Waals surface area contributed by atoms with Gasteiger partial charge in [-0.25, -0.2) is 22.7 Å². The van der Waals surface area contributed by atoms with Crippen molar-refractivity contribution in [2.75, 3.05) is 0 Å². The third-order valence-electron chi connectivity index (χ3n) is 5.16. The Morgan fingerprint density at radius 3 is 2.61 bits per heavy atom. The van der Waals surface area contributed by atoms with Gasteiger partial charge in [0.2, 0.25) is 0 Å². The standard InChI is InChI=1S/C20H21F2N3O2S/c1-11-19(12(2)27-24-11)13-9-17-15(7-8-16(23-17)20(21)22)18(10-13)28(26)25-14-5-3-4-6-14/h7-10,14,20,25H,3-6H2,1-2H3. The smallest absolute Gasteiger partial charge is 0.280 e. The fourth-order valence-corrected chi connectivity index (χ4v) is 5.06. The van der Waals surface area contributed by atoms with Gasteiger partial charge >= 0.3 is 0 Å². The zero-order valence-corrected chi connectivity index (χ0v) is 16.5. The zero-order chi connectivity index (χ0) is 19.8. The summed E-state index contributed by atoms with van der Waals surface area (Å²) in [5, 5.41) is 4.57. The fourth-order valence-electron chi connectivity index (χ4n) is 3.79. The number of hydrogen-bond donors (Lipinski definition) is 1.